The van der Waals surface area contributed by atoms with Crippen LogP contribution in [-0.2, 0) is 9.59 Å². The second kappa shape index (κ2) is 5.47. The maximum Gasteiger partial charge on any atom is 0.165 e. The molecule has 108 valence electrons. The number of carbonyl (C=O) groups excluding carboxylic acids is 2. The van der Waals surface area contributed by atoms with Crippen molar-refractivity contribution >= 4 is 11.6 Å². The second-order valence-electron chi connectivity index (χ2n) is 5.09. The highest BCUT2D eigenvalue weighted by Gasteiger charge is 2.38. The number of carbonyl (C=O) groups is 2. The van der Waals surface area contributed by atoms with Crippen LogP contribution in [-0.4, -0.2) is 33.4 Å². The van der Waals surface area contributed by atoms with E-state index in [4.69, 9.17) is 4.74 Å². The lowest BCUT2D eigenvalue weighted by Crippen LogP contribution is -2.34. The average Bonchev–Trinajstić information content (AvgIpc) is 3.00. The Bertz CT molecular complexity index is 649. The van der Waals surface area contributed by atoms with E-state index in [2.05, 4.69) is 10.1 Å². The van der Waals surface area contributed by atoms with Gasteiger partial charge in [0, 0.05) is 12.3 Å². The number of Topliss-reactive ketones (excluding diaryl/α,β-unsaturated/α-hetero) is 2. The highest BCUT2D eigenvalue weighted by Crippen LogP contribution is 2.37. The van der Waals surface area contributed by atoms with Crippen LogP contribution >= 0.6 is 0 Å². The first kappa shape index (κ1) is 13.5. The van der Waals surface area contributed by atoms with Gasteiger partial charge in [0.2, 0.25) is 0 Å². The third-order valence-corrected chi connectivity index (χ3v) is 3.80. The molecule has 1 fully saturated rings. The smallest absolute Gasteiger partial charge is 0.165 e. The zero-order valence-corrected chi connectivity index (χ0v) is 11.6. The molecule has 0 spiro atoms. The zero-order valence-electron chi connectivity index (χ0n) is 11.6. The number of ketones is 2. The molecule has 0 unspecified atom stereocenters. The lowest BCUT2D eigenvalue weighted by atomic mass is 9.78. The Hall–Kier alpha value is -2.50. The number of ether oxygens (including phenoxy) is 1. The van der Waals surface area contributed by atoms with Crippen LogP contribution in [0.2, 0.25) is 0 Å². The minimum atomic E-state index is -0.474. The summed E-state index contributed by atoms with van der Waals surface area (Å²) in [6.07, 6.45) is 3.23. The molecule has 0 N–H and O–H groups in total. The Morgan fingerprint density at radius 2 is 2.00 bits per heavy atom. The molecule has 1 aromatic heterocycles. The summed E-state index contributed by atoms with van der Waals surface area (Å²) < 4.78 is 6.68. The van der Waals surface area contributed by atoms with E-state index in [1.807, 2.05) is 24.3 Å². The van der Waals surface area contributed by atoms with Gasteiger partial charge in [0.25, 0.3) is 0 Å². The van der Waals surface area contributed by atoms with Gasteiger partial charge in [-0.2, -0.15) is 5.10 Å². The Kier molecular flexibility index (Phi) is 3.51. The van der Waals surface area contributed by atoms with Crippen LogP contribution in [0.5, 0.6) is 5.75 Å². The van der Waals surface area contributed by atoms with Gasteiger partial charge in [0.1, 0.15) is 30.2 Å². The van der Waals surface area contributed by atoms with Gasteiger partial charge < -0.3 is 4.74 Å². The second-order valence-corrected chi connectivity index (χ2v) is 5.09. The standard InChI is InChI=1S/C15H15N3O3/c1-21-12-4-2-10(3-5-12)13-6-11(19)7-14(20)15(13)18-9-16-8-17-18/h2-5,8-9,13,15H,6-7H2,1H3/t13-,15+/m1/s1. The van der Waals surface area contributed by atoms with Crippen molar-refractivity contribution in [2.45, 2.75) is 24.8 Å². The van der Waals surface area contributed by atoms with Crippen molar-refractivity contribution in [2.24, 2.45) is 0 Å². The third kappa shape index (κ3) is 2.56. The summed E-state index contributed by atoms with van der Waals surface area (Å²) in [5.74, 6) is 0.380. The van der Waals surface area contributed by atoms with Gasteiger partial charge in [-0.1, -0.05) is 12.1 Å². The molecule has 1 saturated carbocycles. The first-order valence-corrected chi connectivity index (χ1v) is 6.71. The molecule has 3 rings (SSSR count). The van der Waals surface area contributed by atoms with E-state index in [1.54, 1.807) is 11.8 Å². The summed E-state index contributed by atoms with van der Waals surface area (Å²) in [5, 5.41) is 4.07. The molecule has 6 heteroatoms. The van der Waals surface area contributed by atoms with E-state index in [9.17, 15) is 9.59 Å². The van der Waals surface area contributed by atoms with E-state index in [0.29, 0.717) is 6.42 Å². The molecule has 1 aliphatic carbocycles. The number of benzene rings is 1. The lowest BCUT2D eigenvalue weighted by Gasteiger charge is -2.29. The molecule has 1 aliphatic rings. The van der Waals surface area contributed by atoms with E-state index in [0.717, 1.165) is 11.3 Å². The van der Waals surface area contributed by atoms with Crippen LogP contribution in [0.3, 0.4) is 0 Å². The van der Waals surface area contributed by atoms with Crippen LogP contribution in [0.1, 0.15) is 30.4 Å². The molecular weight excluding hydrogens is 270 g/mol. The van der Waals surface area contributed by atoms with Gasteiger partial charge in [-0.15, -0.1) is 0 Å². The fourth-order valence-corrected chi connectivity index (χ4v) is 2.80. The summed E-state index contributed by atoms with van der Waals surface area (Å²) in [6, 6.07) is 6.96. The van der Waals surface area contributed by atoms with E-state index >= 15 is 0 Å². The number of aromatic nitrogens is 3. The molecule has 0 bridgehead atoms. The van der Waals surface area contributed by atoms with Gasteiger partial charge >= 0.3 is 0 Å². The minimum Gasteiger partial charge on any atom is -0.497 e. The first-order chi connectivity index (χ1) is 10.2. The lowest BCUT2D eigenvalue weighted by molar-refractivity contribution is -0.133. The van der Waals surface area contributed by atoms with Crippen molar-refractivity contribution in [1.82, 2.24) is 14.8 Å². The molecular formula is C15H15N3O3. The fraction of sp³-hybridized carbons (Fsp3) is 0.333. The van der Waals surface area contributed by atoms with Gasteiger partial charge in [-0.25, -0.2) is 9.67 Å². The SMILES string of the molecule is COc1ccc([C@H]2CC(=O)CC(=O)[C@H]2n2cncn2)cc1. The first-order valence-electron chi connectivity index (χ1n) is 6.71. The molecule has 0 saturated heterocycles. The molecule has 0 radical (unpaired) electrons. The fourth-order valence-electron chi connectivity index (χ4n) is 2.80. The zero-order chi connectivity index (χ0) is 14.8. The Labute approximate surface area is 121 Å². The Balaban J connectivity index is 1.98. The van der Waals surface area contributed by atoms with Gasteiger partial charge in [-0.3, -0.25) is 9.59 Å². The summed E-state index contributed by atoms with van der Waals surface area (Å²) in [4.78, 5) is 28.0. The highest BCUT2D eigenvalue weighted by molar-refractivity contribution is 6.04. The van der Waals surface area contributed by atoms with E-state index in [1.165, 1.54) is 12.7 Å². The topological polar surface area (TPSA) is 74.1 Å². The largest absolute Gasteiger partial charge is 0.497 e. The Morgan fingerprint density at radius 1 is 1.24 bits per heavy atom. The van der Waals surface area contributed by atoms with Crippen molar-refractivity contribution in [1.29, 1.82) is 0 Å². The number of methoxy groups -OCH3 is 1. The van der Waals surface area contributed by atoms with Crippen molar-refractivity contribution in [2.75, 3.05) is 7.11 Å². The van der Waals surface area contributed by atoms with Crippen LogP contribution < -0.4 is 4.74 Å². The Morgan fingerprint density at radius 3 is 2.62 bits per heavy atom. The number of rotatable bonds is 3. The predicted octanol–water partition coefficient (Wildman–Crippen LogP) is 1.54. The monoisotopic (exact) mass is 285 g/mol. The highest BCUT2D eigenvalue weighted by atomic mass is 16.5. The van der Waals surface area contributed by atoms with E-state index in [-0.39, 0.29) is 23.9 Å². The van der Waals surface area contributed by atoms with E-state index < -0.39 is 6.04 Å². The summed E-state index contributed by atoms with van der Waals surface area (Å²) in [5.41, 5.74) is 0.928. The van der Waals surface area contributed by atoms with Gasteiger partial charge in [0.05, 0.1) is 13.5 Å². The number of hydrogen-bond acceptors (Lipinski definition) is 5. The molecule has 2 aromatic rings. The molecule has 0 aliphatic heterocycles. The van der Waals surface area contributed by atoms with Gasteiger partial charge in [0.15, 0.2) is 5.78 Å². The van der Waals surface area contributed by atoms with Crippen LogP contribution in [0.15, 0.2) is 36.9 Å². The third-order valence-electron chi connectivity index (χ3n) is 3.80. The van der Waals surface area contributed by atoms with Crippen LogP contribution in [0.25, 0.3) is 0 Å². The molecule has 6 nitrogen and oxygen atoms in total. The molecule has 0 amide bonds. The molecule has 1 heterocycles. The molecule has 21 heavy (non-hydrogen) atoms. The maximum atomic E-state index is 12.3. The van der Waals surface area contributed by atoms with Crippen molar-refractivity contribution in [3.63, 3.8) is 0 Å². The van der Waals surface area contributed by atoms with Crippen molar-refractivity contribution in [3.8, 4) is 5.75 Å². The summed E-state index contributed by atoms with van der Waals surface area (Å²) in [7, 11) is 1.60. The minimum absolute atomic E-state index is 0.0304. The summed E-state index contributed by atoms with van der Waals surface area (Å²) in [6.45, 7) is 0. The molecule has 1 aromatic carbocycles. The van der Waals surface area contributed by atoms with Crippen LogP contribution in [0.4, 0.5) is 0 Å². The van der Waals surface area contributed by atoms with Gasteiger partial charge in [-0.05, 0) is 17.7 Å². The normalized spacial score (nSPS) is 22.3. The van der Waals surface area contributed by atoms with Crippen LogP contribution in [0, 0.1) is 0 Å². The van der Waals surface area contributed by atoms with Crippen molar-refractivity contribution < 1.29 is 14.3 Å². The van der Waals surface area contributed by atoms with Crippen molar-refractivity contribution in [3.05, 3.63) is 42.5 Å². The maximum absolute atomic E-state index is 12.3. The average molecular weight is 285 g/mol. The number of nitrogens with zero attached hydrogens (tertiary/aromatic N) is 3. The predicted molar refractivity (Wildman–Crippen MR) is 74.0 cm³/mol. The quantitative estimate of drug-likeness (QED) is 0.800. The number of hydrogen-bond donors (Lipinski definition) is 0. The molecule has 2 atom stereocenters. The summed E-state index contributed by atoms with van der Waals surface area (Å²) >= 11 is 0.